The van der Waals surface area contributed by atoms with Gasteiger partial charge in [0.2, 0.25) is 0 Å². The second-order valence-corrected chi connectivity index (χ2v) is 7.93. The Bertz CT molecular complexity index is 1180. The smallest absolute Gasteiger partial charge is 0.0366 e. The Morgan fingerprint density at radius 3 is 2.32 bits per heavy atom. The molecule has 0 aliphatic heterocycles. The molecule has 0 atom stereocenters. The molecule has 0 amide bonds. The van der Waals surface area contributed by atoms with Crippen molar-refractivity contribution >= 4 is 75.6 Å². The number of halogens is 1. The van der Waals surface area contributed by atoms with Crippen LogP contribution in [0.3, 0.4) is 0 Å². The van der Waals surface area contributed by atoms with Crippen molar-refractivity contribution in [1.82, 2.24) is 0 Å². The van der Waals surface area contributed by atoms with Crippen LogP contribution in [0.2, 0.25) is 0 Å². The second kappa shape index (κ2) is 4.67. The van der Waals surface area contributed by atoms with Gasteiger partial charge in [0.05, 0.1) is 0 Å². The molecule has 1 aromatic heterocycles. The highest BCUT2D eigenvalue weighted by molar-refractivity contribution is 14.1. The van der Waals surface area contributed by atoms with Gasteiger partial charge in [0, 0.05) is 23.7 Å². The van der Waals surface area contributed by atoms with E-state index in [9.17, 15) is 0 Å². The van der Waals surface area contributed by atoms with Gasteiger partial charge in [0.15, 0.2) is 0 Å². The maximum absolute atomic E-state index is 2.39. The molecule has 0 saturated carbocycles. The summed E-state index contributed by atoms with van der Waals surface area (Å²) in [5, 5.41) is 8.09. The van der Waals surface area contributed by atoms with E-state index in [1.165, 1.54) is 45.3 Å². The molecule has 0 N–H and O–H groups in total. The van der Waals surface area contributed by atoms with Crippen LogP contribution in [0, 0.1) is 3.57 Å². The number of hydrogen-bond acceptors (Lipinski definition) is 1. The predicted molar refractivity (Wildman–Crippen MR) is 107 cm³/mol. The summed E-state index contributed by atoms with van der Waals surface area (Å²) in [7, 11) is 0. The molecule has 1 heterocycles. The van der Waals surface area contributed by atoms with E-state index in [-0.39, 0.29) is 0 Å². The fourth-order valence-corrected chi connectivity index (χ4v) is 5.13. The van der Waals surface area contributed by atoms with E-state index in [0.29, 0.717) is 0 Å². The van der Waals surface area contributed by atoms with Crippen molar-refractivity contribution < 1.29 is 0 Å². The van der Waals surface area contributed by atoms with Gasteiger partial charge >= 0.3 is 0 Å². The van der Waals surface area contributed by atoms with Gasteiger partial charge in [-0.1, -0.05) is 36.4 Å². The first-order valence-electron chi connectivity index (χ1n) is 7.23. The Morgan fingerprint density at radius 1 is 0.636 bits per heavy atom. The number of rotatable bonds is 0. The minimum Gasteiger partial charge on any atom is -0.135 e. The maximum atomic E-state index is 2.39. The molecule has 5 aromatic rings. The van der Waals surface area contributed by atoms with E-state index in [0.717, 1.165) is 0 Å². The highest BCUT2D eigenvalue weighted by Gasteiger charge is 2.09. The maximum Gasteiger partial charge on any atom is 0.0366 e. The highest BCUT2D eigenvalue weighted by Crippen LogP contribution is 2.39. The fourth-order valence-electron chi connectivity index (χ4n) is 3.26. The van der Waals surface area contributed by atoms with Crippen LogP contribution in [0.4, 0.5) is 0 Å². The van der Waals surface area contributed by atoms with Crippen LogP contribution >= 0.6 is 33.9 Å². The van der Waals surface area contributed by atoms with Crippen molar-refractivity contribution in [1.29, 1.82) is 0 Å². The molecular weight excluding hydrogens is 399 g/mol. The van der Waals surface area contributed by atoms with Crippen LogP contribution in [0.15, 0.2) is 66.7 Å². The summed E-state index contributed by atoms with van der Waals surface area (Å²) in [6.45, 7) is 0. The van der Waals surface area contributed by atoms with E-state index in [2.05, 4.69) is 89.3 Å². The summed E-state index contributed by atoms with van der Waals surface area (Å²) in [6, 6.07) is 24.5. The lowest BCUT2D eigenvalue weighted by Gasteiger charge is -2.04. The molecule has 0 fully saturated rings. The zero-order valence-electron chi connectivity index (χ0n) is 11.6. The van der Waals surface area contributed by atoms with Crippen molar-refractivity contribution in [3.05, 3.63) is 70.3 Å². The Balaban J connectivity index is 2.05. The van der Waals surface area contributed by atoms with Crippen molar-refractivity contribution in [2.45, 2.75) is 0 Å². The minimum atomic E-state index is 1.30. The average Bonchev–Trinajstić information content (AvgIpc) is 2.90. The van der Waals surface area contributed by atoms with E-state index >= 15 is 0 Å². The molecule has 0 spiro atoms. The van der Waals surface area contributed by atoms with Gasteiger partial charge in [0.25, 0.3) is 0 Å². The van der Waals surface area contributed by atoms with Crippen molar-refractivity contribution in [2.24, 2.45) is 0 Å². The molecule has 0 unspecified atom stereocenters. The number of fused-ring (bicyclic) bond motifs is 6. The largest absolute Gasteiger partial charge is 0.135 e. The molecule has 0 bridgehead atoms. The quantitative estimate of drug-likeness (QED) is 0.191. The summed E-state index contributed by atoms with van der Waals surface area (Å²) >= 11 is 4.28. The molecule has 0 saturated heterocycles. The third-order valence-corrected chi connectivity index (χ3v) is 6.07. The third kappa shape index (κ3) is 1.80. The van der Waals surface area contributed by atoms with Crippen molar-refractivity contribution in [3.8, 4) is 0 Å². The van der Waals surface area contributed by atoms with Gasteiger partial charge in [-0.05, 0) is 74.5 Å². The van der Waals surface area contributed by atoms with Crippen molar-refractivity contribution in [3.63, 3.8) is 0 Å². The zero-order chi connectivity index (χ0) is 14.7. The standard InChI is InChI=1S/C20H11IS/c21-15-6-7-16-19(11-15)22-18-8-5-14-9-12-3-1-2-4-13(12)10-17(14)20(16)18/h1-11H. The summed E-state index contributed by atoms with van der Waals surface area (Å²) in [4.78, 5) is 0. The summed E-state index contributed by atoms with van der Waals surface area (Å²) in [5.74, 6) is 0. The Morgan fingerprint density at radius 2 is 1.45 bits per heavy atom. The molecule has 22 heavy (non-hydrogen) atoms. The van der Waals surface area contributed by atoms with Gasteiger partial charge in [-0.25, -0.2) is 0 Å². The first-order chi connectivity index (χ1) is 10.8. The number of benzene rings is 4. The average molecular weight is 410 g/mol. The SMILES string of the molecule is Ic1ccc2c(c1)sc1ccc3cc4ccccc4cc3c12. The summed E-state index contributed by atoms with van der Waals surface area (Å²) in [6.07, 6.45) is 0. The molecule has 0 aliphatic rings. The Hall–Kier alpha value is -1.65. The van der Waals surface area contributed by atoms with E-state index in [4.69, 9.17) is 0 Å². The monoisotopic (exact) mass is 410 g/mol. The topological polar surface area (TPSA) is 0 Å². The molecular formula is C20H11IS. The van der Waals surface area contributed by atoms with Gasteiger partial charge in [-0.3, -0.25) is 0 Å². The van der Waals surface area contributed by atoms with Crippen LogP contribution in [-0.4, -0.2) is 0 Å². The first kappa shape index (κ1) is 12.9. The third-order valence-electron chi connectivity index (χ3n) is 4.28. The molecule has 5 rings (SSSR count). The van der Waals surface area contributed by atoms with E-state index < -0.39 is 0 Å². The number of hydrogen-bond donors (Lipinski definition) is 0. The second-order valence-electron chi connectivity index (χ2n) is 5.60. The number of thiophene rings is 1. The zero-order valence-corrected chi connectivity index (χ0v) is 14.6. The minimum absolute atomic E-state index is 1.30. The van der Waals surface area contributed by atoms with E-state index in [1.54, 1.807) is 0 Å². The fraction of sp³-hybridized carbons (Fsp3) is 0. The molecule has 104 valence electrons. The first-order valence-corrected chi connectivity index (χ1v) is 9.12. The summed E-state index contributed by atoms with van der Waals surface area (Å²) in [5.41, 5.74) is 0. The lowest BCUT2D eigenvalue weighted by molar-refractivity contribution is 1.77. The van der Waals surface area contributed by atoms with Crippen LogP contribution in [0.1, 0.15) is 0 Å². The van der Waals surface area contributed by atoms with Crippen LogP contribution in [0.25, 0.3) is 41.7 Å². The highest BCUT2D eigenvalue weighted by atomic mass is 127. The van der Waals surface area contributed by atoms with Crippen LogP contribution < -0.4 is 0 Å². The molecule has 0 nitrogen and oxygen atoms in total. The predicted octanol–water partition coefficient (Wildman–Crippen LogP) is 6.97. The molecule has 2 heteroatoms. The van der Waals surface area contributed by atoms with Gasteiger partial charge in [0.1, 0.15) is 0 Å². The van der Waals surface area contributed by atoms with Crippen molar-refractivity contribution in [2.75, 3.05) is 0 Å². The van der Waals surface area contributed by atoms with Gasteiger partial charge < -0.3 is 0 Å². The lowest BCUT2D eigenvalue weighted by atomic mass is 10.00. The Labute approximate surface area is 145 Å². The lowest BCUT2D eigenvalue weighted by Crippen LogP contribution is -1.77. The molecule has 0 aliphatic carbocycles. The van der Waals surface area contributed by atoms with Crippen LogP contribution in [0.5, 0.6) is 0 Å². The van der Waals surface area contributed by atoms with E-state index in [1.807, 2.05) is 11.3 Å². The molecule has 0 radical (unpaired) electrons. The summed E-state index contributed by atoms with van der Waals surface area (Å²) < 4.78 is 4.05. The van der Waals surface area contributed by atoms with Crippen LogP contribution in [-0.2, 0) is 0 Å². The van der Waals surface area contributed by atoms with Gasteiger partial charge in [-0.2, -0.15) is 0 Å². The normalized spacial score (nSPS) is 11.9. The van der Waals surface area contributed by atoms with Gasteiger partial charge in [-0.15, -0.1) is 11.3 Å². The molecule has 4 aromatic carbocycles. The Kier molecular flexibility index (Phi) is 2.73.